The molecule has 136 valence electrons. The van der Waals surface area contributed by atoms with Gasteiger partial charge < -0.3 is 0 Å². The highest BCUT2D eigenvalue weighted by Gasteiger charge is 2.10. The summed E-state index contributed by atoms with van der Waals surface area (Å²) in [7, 11) is 0. The second-order valence-electron chi connectivity index (χ2n) is 6.68. The van der Waals surface area contributed by atoms with Crippen molar-refractivity contribution in [2.24, 2.45) is 0 Å². The van der Waals surface area contributed by atoms with Gasteiger partial charge in [0.25, 0.3) is 5.56 Å². The highest BCUT2D eigenvalue weighted by molar-refractivity contribution is 7.98. The number of benzene rings is 1. The van der Waals surface area contributed by atoms with E-state index < -0.39 is 0 Å². The first kappa shape index (κ1) is 17.5. The summed E-state index contributed by atoms with van der Waals surface area (Å²) in [4.78, 5) is 21.5. The maximum Gasteiger partial charge on any atom is 0.258 e. The molecule has 6 heteroatoms. The Morgan fingerprint density at radius 2 is 1.81 bits per heavy atom. The van der Waals surface area contributed by atoms with E-state index in [-0.39, 0.29) is 5.56 Å². The highest BCUT2D eigenvalue weighted by Crippen LogP contribution is 2.24. The Morgan fingerprint density at radius 1 is 1.04 bits per heavy atom. The zero-order valence-corrected chi connectivity index (χ0v) is 16.3. The largest absolute Gasteiger partial charge is 0.295 e. The molecule has 0 spiro atoms. The first-order chi connectivity index (χ1) is 13.0. The van der Waals surface area contributed by atoms with E-state index >= 15 is 0 Å². The monoisotopic (exact) mass is 376 g/mol. The summed E-state index contributed by atoms with van der Waals surface area (Å²) < 4.78 is 3.66. The number of aromatic nitrogens is 4. The van der Waals surface area contributed by atoms with Crippen LogP contribution in [0.5, 0.6) is 0 Å². The fourth-order valence-corrected chi connectivity index (χ4v) is 4.07. The quantitative estimate of drug-likeness (QED) is 0.503. The van der Waals surface area contributed by atoms with Crippen LogP contribution in [0.3, 0.4) is 0 Å². The first-order valence-electron chi connectivity index (χ1n) is 8.74. The van der Waals surface area contributed by atoms with E-state index in [1.165, 1.54) is 11.1 Å². The van der Waals surface area contributed by atoms with Gasteiger partial charge in [0.05, 0.1) is 5.69 Å². The molecular weight excluding hydrogens is 356 g/mol. The van der Waals surface area contributed by atoms with Gasteiger partial charge in [-0.05, 0) is 55.7 Å². The lowest BCUT2D eigenvalue weighted by atomic mass is 10.1. The molecule has 0 amide bonds. The molecule has 0 saturated carbocycles. The second kappa shape index (κ2) is 7.04. The van der Waals surface area contributed by atoms with E-state index in [4.69, 9.17) is 0 Å². The van der Waals surface area contributed by atoms with Crippen LogP contribution in [0.1, 0.15) is 22.4 Å². The normalized spacial score (nSPS) is 11.2. The van der Waals surface area contributed by atoms with Gasteiger partial charge in [-0.25, -0.2) is 9.97 Å². The molecule has 1 aromatic carbocycles. The van der Waals surface area contributed by atoms with Crippen LogP contribution in [0.15, 0.2) is 64.9 Å². The van der Waals surface area contributed by atoms with Crippen molar-refractivity contribution >= 4 is 17.4 Å². The molecule has 0 N–H and O–H groups in total. The van der Waals surface area contributed by atoms with Crippen LogP contribution >= 0.6 is 11.8 Å². The highest BCUT2D eigenvalue weighted by atomic mass is 32.2. The molecule has 3 aromatic heterocycles. The second-order valence-corrected chi connectivity index (χ2v) is 7.63. The zero-order valence-electron chi connectivity index (χ0n) is 15.5. The number of imidazole rings is 1. The van der Waals surface area contributed by atoms with Crippen molar-refractivity contribution < 1.29 is 0 Å². The number of rotatable bonds is 4. The molecule has 0 aliphatic rings. The van der Waals surface area contributed by atoms with Crippen LogP contribution in [0.2, 0.25) is 0 Å². The minimum atomic E-state index is -0.0584. The zero-order chi connectivity index (χ0) is 19.0. The summed E-state index contributed by atoms with van der Waals surface area (Å²) in [6, 6.07) is 11.9. The minimum absolute atomic E-state index is 0.0584. The van der Waals surface area contributed by atoms with Gasteiger partial charge in [0.1, 0.15) is 5.65 Å². The standard InChI is InChI=1S/C21H20N4OS/c1-14-9-15(2)11-18(10-14)24-8-6-22-21(24)27-13-17-12-19(26)25-7-4-5-16(3)20(25)23-17/h4-12H,13H2,1-3H3. The van der Waals surface area contributed by atoms with Gasteiger partial charge in [-0.3, -0.25) is 13.8 Å². The van der Waals surface area contributed by atoms with Crippen molar-refractivity contribution in [3.63, 3.8) is 0 Å². The molecule has 0 aliphatic carbocycles. The first-order valence-corrected chi connectivity index (χ1v) is 9.72. The third-order valence-corrected chi connectivity index (χ3v) is 5.38. The topological polar surface area (TPSA) is 52.2 Å². The number of thioether (sulfide) groups is 1. The van der Waals surface area contributed by atoms with Gasteiger partial charge in [-0.15, -0.1) is 0 Å². The lowest BCUT2D eigenvalue weighted by molar-refractivity contribution is 0.890. The summed E-state index contributed by atoms with van der Waals surface area (Å²) in [5.41, 5.74) is 5.92. The van der Waals surface area contributed by atoms with Crippen molar-refractivity contribution in [1.29, 1.82) is 0 Å². The van der Waals surface area contributed by atoms with E-state index in [0.29, 0.717) is 11.4 Å². The average molecular weight is 376 g/mol. The summed E-state index contributed by atoms with van der Waals surface area (Å²) in [5.74, 6) is 0.585. The smallest absolute Gasteiger partial charge is 0.258 e. The average Bonchev–Trinajstić information content (AvgIpc) is 3.09. The van der Waals surface area contributed by atoms with Gasteiger partial charge in [0.2, 0.25) is 0 Å². The van der Waals surface area contributed by atoms with Crippen molar-refractivity contribution in [3.05, 3.63) is 87.7 Å². The van der Waals surface area contributed by atoms with E-state index in [9.17, 15) is 4.79 Å². The van der Waals surface area contributed by atoms with Crippen molar-refractivity contribution in [1.82, 2.24) is 18.9 Å². The van der Waals surface area contributed by atoms with Crippen LogP contribution in [0, 0.1) is 20.8 Å². The summed E-state index contributed by atoms with van der Waals surface area (Å²) >= 11 is 1.58. The molecule has 4 aromatic rings. The summed E-state index contributed by atoms with van der Waals surface area (Å²) in [5, 5.41) is 0.881. The van der Waals surface area contributed by atoms with Crippen LogP contribution < -0.4 is 5.56 Å². The molecule has 4 rings (SSSR count). The molecule has 5 nitrogen and oxygen atoms in total. The molecule has 0 fully saturated rings. The van der Waals surface area contributed by atoms with Gasteiger partial charge in [-0.2, -0.15) is 0 Å². The van der Waals surface area contributed by atoms with Gasteiger partial charge >= 0.3 is 0 Å². The number of aryl methyl sites for hydroxylation is 3. The molecule has 3 heterocycles. The Kier molecular flexibility index (Phi) is 4.58. The Labute approximate surface area is 161 Å². The molecule has 0 radical (unpaired) electrons. The summed E-state index contributed by atoms with van der Waals surface area (Å²) in [6.07, 6.45) is 5.51. The molecular formula is C21H20N4OS. The summed E-state index contributed by atoms with van der Waals surface area (Å²) in [6.45, 7) is 6.15. The SMILES string of the molecule is Cc1cc(C)cc(-n2ccnc2SCc2cc(=O)n3cccc(C)c3n2)c1. The number of fused-ring (bicyclic) bond motifs is 1. The number of nitrogens with zero attached hydrogens (tertiary/aromatic N) is 4. The fourth-order valence-electron chi connectivity index (χ4n) is 3.20. The molecule has 0 unspecified atom stereocenters. The number of pyridine rings is 1. The fraction of sp³-hybridized carbons (Fsp3) is 0.190. The van der Waals surface area contributed by atoms with E-state index in [2.05, 4.69) is 46.6 Å². The van der Waals surface area contributed by atoms with Gasteiger partial charge in [0.15, 0.2) is 5.16 Å². The number of hydrogen-bond donors (Lipinski definition) is 0. The van der Waals surface area contributed by atoms with E-state index in [0.717, 1.165) is 22.1 Å². The Morgan fingerprint density at radius 3 is 2.59 bits per heavy atom. The van der Waals surface area contributed by atoms with Gasteiger partial charge in [-0.1, -0.05) is 23.9 Å². The lowest BCUT2D eigenvalue weighted by Gasteiger charge is -2.10. The Hall–Kier alpha value is -2.86. The maximum atomic E-state index is 12.4. The minimum Gasteiger partial charge on any atom is -0.295 e. The van der Waals surface area contributed by atoms with E-state index in [1.54, 1.807) is 34.6 Å². The van der Waals surface area contributed by atoms with Crippen molar-refractivity contribution in [2.75, 3.05) is 0 Å². The van der Waals surface area contributed by atoms with Crippen LogP contribution in [0.25, 0.3) is 11.3 Å². The molecule has 0 saturated heterocycles. The van der Waals surface area contributed by atoms with Gasteiger partial charge in [0, 0.05) is 36.1 Å². The molecule has 0 atom stereocenters. The predicted molar refractivity (Wildman–Crippen MR) is 109 cm³/mol. The molecule has 0 bridgehead atoms. The Bertz CT molecular complexity index is 1170. The van der Waals surface area contributed by atoms with Crippen molar-refractivity contribution in [2.45, 2.75) is 31.7 Å². The predicted octanol–water partition coefficient (Wildman–Crippen LogP) is 4.10. The lowest BCUT2D eigenvalue weighted by Crippen LogP contribution is -2.15. The third kappa shape index (κ3) is 3.53. The molecule has 27 heavy (non-hydrogen) atoms. The van der Waals surface area contributed by atoms with E-state index in [1.807, 2.05) is 25.3 Å². The third-order valence-electron chi connectivity index (χ3n) is 4.38. The van der Waals surface area contributed by atoms with Crippen molar-refractivity contribution in [3.8, 4) is 5.69 Å². The Balaban J connectivity index is 1.64. The molecule has 0 aliphatic heterocycles. The maximum absolute atomic E-state index is 12.4. The van der Waals surface area contributed by atoms with Crippen LogP contribution in [-0.4, -0.2) is 18.9 Å². The van der Waals surface area contributed by atoms with Crippen LogP contribution in [-0.2, 0) is 5.75 Å². The number of hydrogen-bond acceptors (Lipinski definition) is 4. The van der Waals surface area contributed by atoms with Crippen LogP contribution in [0.4, 0.5) is 0 Å².